The van der Waals surface area contributed by atoms with E-state index in [9.17, 15) is 4.79 Å². The van der Waals surface area contributed by atoms with E-state index in [4.69, 9.17) is 23.2 Å². The van der Waals surface area contributed by atoms with E-state index in [2.05, 4.69) is 10.7 Å². The van der Waals surface area contributed by atoms with Crippen LogP contribution in [0, 0.1) is 0 Å². The fraction of sp³-hybridized carbons (Fsp3) is 0.0500. The first-order chi connectivity index (χ1) is 12.6. The highest BCUT2D eigenvalue weighted by Crippen LogP contribution is 2.36. The third-order valence-corrected chi connectivity index (χ3v) is 4.77. The van der Waals surface area contributed by atoms with Crippen LogP contribution in [-0.4, -0.2) is 10.9 Å². The summed E-state index contributed by atoms with van der Waals surface area (Å²) in [6, 6.07) is 22.2. The smallest absolute Gasteiger partial charge is 0.276 e. The van der Waals surface area contributed by atoms with Crippen LogP contribution >= 0.6 is 23.2 Å². The molecule has 1 aliphatic rings. The predicted molar refractivity (Wildman–Crippen MR) is 106 cm³/mol. The Morgan fingerprint density at radius 1 is 0.923 bits per heavy atom. The number of para-hydroxylation sites is 2. The minimum Gasteiger partial charge on any atom is -0.359 e. The Labute approximate surface area is 161 Å². The summed E-state index contributed by atoms with van der Waals surface area (Å²) in [6.45, 7) is 0. The van der Waals surface area contributed by atoms with Crippen molar-refractivity contribution in [2.45, 2.75) is 6.17 Å². The molecule has 3 aromatic rings. The molecule has 0 saturated carbocycles. The summed E-state index contributed by atoms with van der Waals surface area (Å²) < 4.78 is 0. The third kappa shape index (κ3) is 3.09. The van der Waals surface area contributed by atoms with Crippen molar-refractivity contribution in [1.29, 1.82) is 0 Å². The SMILES string of the molecule is O=C1c2ccccc2NC(c2ccc(Cl)cc2Cl)N1Nc1ccccc1. The number of hydrazine groups is 1. The number of halogens is 2. The second-order valence-electron chi connectivity index (χ2n) is 5.91. The molecule has 4 nitrogen and oxygen atoms in total. The number of fused-ring (bicyclic) bond motifs is 1. The van der Waals surface area contributed by atoms with Gasteiger partial charge in [-0.15, -0.1) is 0 Å². The minimum atomic E-state index is -0.484. The van der Waals surface area contributed by atoms with Gasteiger partial charge in [0.1, 0.15) is 6.17 Å². The first-order valence-electron chi connectivity index (χ1n) is 8.09. The second-order valence-corrected chi connectivity index (χ2v) is 6.75. The van der Waals surface area contributed by atoms with Crippen molar-refractivity contribution >= 4 is 40.5 Å². The zero-order valence-electron chi connectivity index (χ0n) is 13.6. The summed E-state index contributed by atoms with van der Waals surface area (Å²) in [4.78, 5) is 13.1. The van der Waals surface area contributed by atoms with E-state index in [1.807, 2.05) is 54.6 Å². The van der Waals surface area contributed by atoms with Crippen molar-refractivity contribution in [3.63, 3.8) is 0 Å². The largest absolute Gasteiger partial charge is 0.359 e. The van der Waals surface area contributed by atoms with Gasteiger partial charge in [0.25, 0.3) is 5.91 Å². The van der Waals surface area contributed by atoms with E-state index in [1.54, 1.807) is 23.2 Å². The van der Waals surface area contributed by atoms with E-state index in [1.165, 1.54) is 0 Å². The van der Waals surface area contributed by atoms with Crippen LogP contribution in [0.3, 0.4) is 0 Å². The van der Waals surface area contributed by atoms with Gasteiger partial charge in [0, 0.05) is 21.3 Å². The van der Waals surface area contributed by atoms with Crippen LogP contribution in [0.5, 0.6) is 0 Å². The number of rotatable bonds is 3. The van der Waals surface area contributed by atoms with E-state index in [-0.39, 0.29) is 5.91 Å². The molecule has 4 rings (SSSR count). The van der Waals surface area contributed by atoms with Crippen molar-refractivity contribution in [3.8, 4) is 0 Å². The predicted octanol–water partition coefficient (Wildman–Crippen LogP) is 5.59. The van der Waals surface area contributed by atoms with Gasteiger partial charge in [-0.1, -0.05) is 59.6 Å². The Morgan fingerprint density at radius 3 is 2.42 bits per heavy atom. The average Bonchev–Trinajstić information content (AvgIpc) is 2.65. The van der Waals surface area contributed by atoms with E-state index >= 15 is 0 Å². The van der Waals surface area contributed by atoms with E-state index in [0.717, 1.165) is 16.9 Å². The van der Waals surface area contributed by atoms with Gasteiger partial charge in [-0.2, -0.15) is 0 Å². The lowest BCUT2D eigenvalue weighted by Gasteiger charge is -2.38. The fourth-order valence-corrected chi connectivity index (χ4v) is 3.47. The molecule has 1 atom stereocenters. The lowest BCUT2D eigenvalue weighted by molar-refractivity contribution is 0.0733. The molecular weight excluding hydrogens is 369 g/mol. The second kappa shape index (κ2) is 6.90. The van der Waals surface area contributed by atoms with Gasteiger partial charge in [-0.25, -0.2) is 5.01 Å². The molecular formula is C20H15Cl2N3O. The molecule has 1 unspecified atom stereocenters. The van der Waals surface area contributed by atoms with Gasteiger partial charge in [0.2, 0.25) is 0 Å². The first kappa shape index (κ1) is 16.8. The summed E-state index contributed by atoms with van der Waals surface area (Å²) >= 11 is 12.4. The van der Waals surface area contributed by atoms with Gasteiger partial charge in [-0.05, 0) is 36.4 Å². The summed E-state index contributed by atoms with van der Waals surface area (Å²) in [6.07, 6.45) is -0.484. The molecule has 1 amide bonds. The van der Waals surface area contributed by atoms with Gasteiger partial charge >= 0.3 is 0 Å². The third-order valence-electron chi connectivity index (χ3n) is 4.21. The molecule has 0 radical (unpaired) electrons. The summed E-state index contributed by atoms with van der Waals surface area (Å²) in [7, 11) is 0. The molecule has 1 aliphatic heterocycles. The van der Waals surface area contributed by atoms with Gasteiger partial charge in [-0.3, -0.25) is 10.2 Å². The minimum absolute atomic E-state index is 0.140. The van der Waals surface area contributed by atoms with Crippen LogP contribution < -0.4 is 10.7 Å². The lowest BCUT2D eigenvalue weighted by Crippen LogP contribution is -2.46. The quantitative estimate of drug-likeness (QED) is 0.619. The van der Waals surface area contributed by atoms with Gasteiger partial charge in [0.05, 0.1) is 11.3 Å². The molecule has 0 fully saturated rings. The molecule has 0 aromatic heterocycles. The van der Waals surface area contributed by atoms with Crippen LogP contribution in [0.1, 0.15) is 22.1 Å². The van der Waals surface area contributed by atoms with Crippen molar-refractivity contribution in [1.82, 2.24) is 5.01 Å². The van der Waals surface area contributed by atoms with Crippen LogP contribution in [-0.2, 0) is 0 Å². The monoisotopic (exact) mass is 383 g/mol. The zero-order chi connectivity index (χ0) is 18.1. The number of hydrogen-bond acceptors (Lipinski definition) is 3. The molecule has 6 heteroatoms. The molecule has 3 aromatic carbocycles. The number of hydrogen-bond donors (Lipinski definition) is 2. The van der Waals surface area contributed by atoms with Crippen LogP contribution in [0.4, 0.5) is 11.4 Å². The first-order valence-corrected chi connectivity index (χ1v) is 8.85. The van der Waals surface area contributed by atoms with E-state index in [0.29, 0.717) is 15.6 Å². The normalized spacial score (nSPS) is 16.0. The van der Waals surface area contributed by atoms with Gasteiger partial charge in [0.15, 0.2) is 0 Å². The average molecular weight is 384 g/mol. The molecule has 0 spiro atoms. The molecule has 130 valence electrons. The Bertz CT molecular complexity index is 962. The molecule has 0 aliphatic carbocycles. The standard InChI is InChI=1S/C20H15Cl2N3O/c21-13-10-11-15(17(22)12-13)19-23-18-9-5-4-8-16(18)20(26)25(19)24-14-6-2-1-3-7-14/h1-12,19,23-24H. The van der Waals surface area contributed by atoms with Crippen LogP contribution in [0.25, 0.3) is 0 Å². The maximum Gasteiger partial charge on any atom is 0.276 e. The zero-order valence-corrected chi connectivity index (χ0v) is 15.1. The van der Waals surface area contributed by atoms with Crippen molar-refractivity contribution in [2.75, 3.05) is 10.7 Å². The number of amides is 1. The Balaban J connectivity index is 1.79. The van der Waals surface area contributed by atoms with E-state index < -0.39 is 6.17 Å². The van der Waals surface area contributed by atoms with Gasteiger partial charge < -0.3 is 5.32 Å². The molecule has 0 bridgehead atoms. The highest BCUT2D eigenvalue weighted by molar-refractivity contribution is 6.35. The summed E-state index contributed by atoms with van der Waals surface area (Å²) in [5, 5.41) is 5.97. The lowest BCUT2D eigenvalue weighted by atomic mass is 10.0. The number of benzene rings is 3. The van der Waals surface area contributed by atoms with Crippen LogP contribution in [0.15, 0.2) is 72.8 Å². The van der Waals surface area contributed by atoms with Crippen LogP contribution in [0.2, 0.25) is 10.0 Å². The van der Waals surface area contributed by atoms with Crippen molar-refractivity contribution < 1.29 is 4.79 Å². The topological polar surface area (TPSA) is 44.4 Å². The highest BCUT2D eigenvalue weighted by atomic mass is 35.5. The number of nitrogens with one attached hydrogen (secondary N) is 2. The summed E-state index contributed by atoms with van der Waals surface area (Å²) in [5.41, 5.74) is 6.10. The number of anilines is 2. The highest BCUT2D eigenvalue weighted by Gasteiger charge is 2.34. The maximum absolute atomic E-state index is 13.1. The number of nitrogens with zero attached hydrogens (tertiary/aromatic N) is 1. The van der Waals surface area contributed by atoms with Crippen molar-refractivity contribution in [3.05, 3.63) is 94.0 Å². The summed E-state index contributed by atoms with van der Waals surface area (Å²) in [5.74, 6) is -0.140. The Kier molecular flexibility index (Phi) is 4.45. The maximum atomic E-state index is 13.1. The number of carbonyl (C=O) groups excluding carboxylic acids is 1. The fourth-order valence-electron chi connectivity index (χ4n) is 2.96. The molecule has 26 heavy (non-hydrogen) atoms. The Morgan fingerprint density at radius 2 is 1.65 bits per heavy atom. The molecule has 0 saturated heterocycles. The Hall–Kier alpha value is -2.69. The molecule has 1 heterocycles. The number of carbonyl (C=O) groups is 1. The van der Waals surface area contributed by atoms with Crippen molar-refractivity contribution in [2.24, 2.45) is 0 Å². The molecule has 2 N–H and O–H groups in total.